The third kappa shape index (κ3) is 3.39. The van der Waals surface area contributed by atoms with Crippen LogP contribution in [0.3, 0.4) is 0 Å². The van der Waals surface area contributed by atoms with E-state index in [0.29, 0.717) is 24.1 Å². The SMILES string of the molecule is Cc1c(F)cccc1NC1CCC(C(F)(F)F)CC1. The number of benzene rings is 1. The molecule has 1 fully saturated rings. The normalized spacial score (nSPS) is 24.3. The molecule has 5 heteroatoms. The Morgan fingerprint density at radius 1 is 1.11 bits per heavy atom. The summed E-state index contributed by atoms with van der Waals surface area (Å²) in [6.07, 6.45) is -2.84. The maximum atomic E-state index is 13.4. The average molecular weight is 275 g/mol. The minimum absolute atomic E-state index is 0.000833. The van der Waals surface area contributed by atoms with Gasteiger partial charge in [-0.05, 0) is 44.7 Å². The molecule has 2 rings (SSSR count). The van der Waals surface area contributed by atoms with Crippen molar-refractivity contribution in [3.63, 3.8) is 0 Å². The third-order valence-corrected chi connectivity index (χ3v) is 3.82. The topological polar surface area (TPSA) is 12.0 Å². The molecule has 19 heavy (non-hydrogen) atoms. The standard InChI is InChI=1S/C14H17F4N/c1-9-12(15)3-2-4-13(9)19-11-7-5-10(6-8-11)14(16,17)18/h2-4,10-11,19H,5-8H2,1H3. The molecular formula is C14H17F4N. The number of rotatable bonds is 2. The summed E-state index contributed by atoms with van der Waals surface area (Å²) < 4.78 is 51.0. The second-order valence-corrected chi connectivity index (χ2v) is 5.15. The molecule has 106 valence electrons. The molecule has 0 radical (unpaired) electrons. The molecule has 1 aliphatic rings. The van der Waals surface area contributed by atoms with Crippen molar-refractivity contribution < 1.29 is 17.6 Å². The van der Waals surface area contributed by atoms with Crippen LogP contribution in [0.2, 0.25) is 0 Å². The van der Waals surface area contributed by atoms with Crippen molar-refractivity contribution in [1.29, 1.82) is 0 Å². The average Bonchev–Trinajstić information content (AvgIpc) is 2.35. The first-order chi connectivity index (χ1) is 8.88. The Balaban J connectivity index is 1.94. The van der Waals surface area contributed by atoms with E-state index in [0.717, 1.165) is 0 Å². The van der Waals surface area contributed by atoms with E-state index in [2.05, 4.69) is 5.32 Å². The predicted octanol–water partition coefficient (Wildman–Crippen LogP) is 4.67. The van der Waals surface area contributed by atoms with Crippen molar-refractivity contribution in [3.8, 4) is 0 Å². The maximum Gasteiger partial charge on any atom is 0.391 e. The molecule has 0 amide bonds. The van der Waals surface area contributed by atoms with Gasteiger partial charge in [0, 0.05) is 17.3 Å². The lowest BCUT2D eigenvalue weighted by Gasteiger charge is -2.31. The van der Waals surface area contributed by atoms with Gasteiger partial charge in [0.1, 0.15) is 5.82 Å². The molecule has 0 saturated heterocycles. The van der Waals surface area contributed by atoms with Crippen molar-refractivity contribution >= 4 is 5.69 Å². The second-order valence-electron chi connectivity index (χ2n) is 5.15. The van der Waals surface area contributed by atoms with Crippen molar-refractivity contribution in [1.82, 2.24) is 0 Å². The summed E-state index contributed by atoms with van der Waals surface area (Å²) in [5.41, 5.74) is 1.19. The highest BCUT2D eigenvalue weighted by atomic mass is 19.4. The van der Waals surface area contributed by atoms with Crippen LogP contribution in [0.1, 0.15) is 31.2 Å². The third-order valence-electron chi connectivity index (χ3n) is 3.82. The summed E-state index contributed by atoms with van der Waals surface area (Å²) in [7, 11) is 0. The van der Waals surface area contributed by atoms with E-state index in [-0.39, 0.29) is 24.7 Å². The molecule has 1 N–H and O–H groups in total. The molecule has 0 heterocycles. The van der Waals surface area contributed by atoms with Gasteiger partial charge in [-0.25, -0.2) is 4.39 Å². The van der Waals surface area contributed by atoms with Gasteiger partial charge in [0.15, 0.2) is 0 Å². The summed E-state index contributed by atoms with van der Waals surface area (Å²) in [6, 6.07) is 4.74. The number of hydrogen-bond donors (Lipinski definition) is 1. The molecule has 0 aliphatic heterocycles. The fourth-order valence-corrected chi connectivity index (χ4v) is 2.55. The summed E-state index contributed by atoms with van der Waals surface area (Å²) in [5.74, 6) is -1.48. The number of halogens is 4. The molecule has 1 nitrogen and oxygen atoms in total. The summed E-state index contributed by atoms with van der Waals surface area (Å²) in [5, 5.41) is 3.15. The quantitative estimate of drug-likeness (QED) is 0.773. The Hall–Kier alpha value is -1.26. The number of hydrogen-bond acceptors (Lipinski definition) is 1. The fraction of sp³-hybridized carbons (Fsp3) is 0.571. The van der Waals surface area contributed by atoms with Crippen LogP contribution in [0.5, 0.6) is 0 Å². The molecule has 1 aliphatic carbocycles. The zero-order valence-corrected chi connectivity index (χ0v) is 10.7. The van der Waals surface area contributed by atoms with E-state index in [1.54, 1.807) is 19.1 Å². The van der Waals surface area contributed by atoms with E-state index >= 15 is 0 Å². The van der Waals surface area contributed by atoms with Crippen molar-refractivity contribution in [3.05, 3.63) is 29.6 Å². The lowest BCUT2D eigenvalue weighted by molar-refractivity contribution is -0.182. The van der Waals surface area contributed by atoms with Gasteiger partial charge in [-0.2, -0.15) is 13.2 Å². The first kappa shape index (κ1) is 14.2. The highest BCUT2D eigenvalue weighted by molar-refractivity contribution is 5.51. The molecule has 1 aromatic rings. The minimum Gasteiger partial charge on any atom is -0.382 e. The lowest BCUT2D eigenvalue weighted by Crippen LogP contribution is -2.33. The number of anilines is 1. The first-order valence-electron chi connectivity index (χ1n) is 6.46. The van der Waals surface area contributed by atoms with Crippen LogP contribution in [0.25, 0.3) is 0 Å². The Bertz CT molecular complexity index is 434. The van der Waals surface area contributed by atoms with Crippen LogP contribution < -0.4 is 5.32 Å². The predicted molar refractivity (Wildman–Crippen MR) is 66.6 cm³/mol. The van der Waals surface area contributed by atoms with Crippen LogP contribution in [-0.2, 0) is 0 Å². The number of nitrogens with one attached hydrogen (secondary N) is 1. The van der Waals surface area contributed by atoms with E-state index in [1.165, 1.54) is 6.07 Å². The Labute approximate surface area is 110 Å². The van der Waals surface area contributed by atoms with Gasteiger partial charge in [-0.15, -0.1) is 0 Å². The van der Waals surface area contributed by atoms with Crippen LogP contribution in [0.4, 0.5) is 23.2 Å². The van der Waals surface area contributed by atoms with Gasteiger partial charge < -0.3 is 5.32 Å². The molecule has 1 aromatic carbocycles. The van der Waals surface area contributed by atoms with Gasteiger partial charge >= 0.3 is 6.18 Å². The maximum absolute atomic E-state index is 13.4. The monoisotopic (exact) mass is 275 g/mol. The zero-order valence-electron chi connectivity index (χ0n) is 10.7. The molecule has 0 spiro atoms. The van der Waals surface area contributed by atoms with Crippen molar-refractivity contribution in [2.75, 3.05) is 5.32 Å². The smallest absolute Gasteiger partial charge is 0.382 e. The van der Waals surface area contributed by atoms with Gasteiger partial charge in [0.25, 0.3) is 0 Å². The Kier molecular flexibility index (Phi) is 4.02. The van der Waals surface area contributed by atoms with E-state index in [9.17, 15) is 17.6 Å². The van der Waals surface area contributed by atoms with Crippen LogP contribution >= 0.6 is 0 Å². The van der Waals surface area contributed by atoms with Gasteiger partial charge in [0.05, 0.1) is 5.92 Å². The molecule has 0 unspecified atom stereocenters. The largest absolute Gasteiger partial charge is 0.391 e. The summed E-state index contributed by atoms with van der Waals surface area (Å²) in [6.45, 7) is 1.67. The Morgan fingerprint density at radius 2 is 1.74 bits per heavy atom. The molecule has 0 atom stereocenters. The van der Waals surface area contributed by atoms with Gasteiger partial charge in [-0.1, -0.05) is 6.07 Å². The highest BCUT2D eigenvalue weighted by Crippen LogP contribution is 2.38. The second kappa shape index (κ2) is 5.39. The summed E-state index contributed by atoms with van der Waals surface area (Å²) in [4.78, 5) is 0. The van der Waals surface area contributed by atoms with Crippen LogP contribution in [0, 0.1) is 18.7 Å². The van der Waals surface area contributed by atoms with Gasteiger partial charge in [-0.3, -0.25) is 0 Å². The van der Waals surface area contributed by atoms with Crippen LogP contribution in [-0.4, -0.2) is 12.2 Å². The molecular weight excluding hydrogens is 258 g/mol. The van der Waals surface area contributed by atoms with Crippen molar-refractivity contribution in [2.45, 2.75) is 44.8 Å². The van der Waals surface area contributed by atoms with E-state index < -0.39 is 12.1 Å². The minimum atomic E-state index is -4.08. The van der Waals surface area contributed by atoms with Crippen LogP contribution in [0.15, 0.2) is 18.2 Å². The fourth-order valence-electron chi connectivity index (χ4n) is 2.55. The molecule has 1 saturated carbocycles. The van der Waals surface area contributed by atoms with Gasteiger partial charge in [0.2, 0.25) is 0 Å². The molecule has 0 bridgehead atoms. The summed E-state index contributed by atoms with van der Waals surface area (Å²) >= 11 is 0. The highest BCUT2D eigenvalue weighted by Gasteiger charge is 2.41. The molecule has 0 aromatic heterocycles. The van der Waals surface area contributed by atoms with Crippen molar-refractivity contribution in [2.24, 2.45) is 5.92 Å². The first-order valence-corrected chi connectivity index (χ1v) is 6.46. The van der Waals surface area contributed by atoms with E-state index in [1.807, 2.05) is 0 Å². The van der Waals surface area contributed by atoms with E-state index in [4.69, 9.17) is 0 Å². The Morgan fingerprint density at radius 3 is 2.32 bits per heavy atom. The lowest BCUT2D eigenvalue weighted by atomic mass is 9.85. The zero-order chi connectivity index (χ0) is 14.0. The number of alkyl halides is 3.